The summed E-state index contributed by atoms with van der Waals surface area (Å²) in [5.41, 5.74) is 0.814. The van der Waals surface area contributed by atoms with E-state index in [1.165, 1.54) is 0 Å². The first-order chi connectivity index (χ1) is 13.3. The van der Waals surface area contributed by atoms with Crippen molar-refractivity contribution in [1.29, 1.82) is 0 Å². The summed E-state index contributed by atoms with van der Waals surface area (Å²) in [5.74, 6) is -0.346. The van der Waals surface area contributed by atoms with Crippen LogP contribution in [0.3, 0.4) is 0 Å². The van der Waals surface area contributed by atoms with Gasteiger partial charge in [0.1, 0.15) is 6.61 Å². The first-order valence-electron chi connectivity index (χ1n) is 9.68. The van der Waals surface area contributed by atoms with Crippen LogP contribution in [0.2, 0.25) is 0 Å². The molecule has 0 N–H and O–H groups in total. The van der Waals surface area contributed by atoms with Crippen LogP contribution in [0.4, 0.5) is 0 Å². The summed E-state index contributed by atoms with van der Waals surface area (Å²) in [7, 11) is 0. The molecule has 1 aliphatic rings. The zero-order chi connectivity index (χ0) is 20.2. The lowest BCUT2D eigenvalue weighted by Crippen LogP contribution is -2.62. The number of hydroxylamine groups is 2. The van der Waals surface area contributed by atoms with Gasteiger partial charge in [0.15, 0.2) is 0 Å². The Morgan fingerprint density at radius 3 is 2.04 bits per heavy atom. The van der Waals surface area contributed by atoms with Crippen molar-refractivity contribution in [1.82, 2.24) is 5.06 Å². The predicted octanol–water partition coefficient (Wildman–Crippen LogP) is 4.93. The number of carbonyl (C=O) groups excluding carboxylic acids is 1. The van der Waals surface area contributed by atoms with Crippen LogP contribution in [0, 0.1) is 0 Å². The molecule has 0 aliphatic carbocycles. The zero-order valence-corrected chi connectivity index (χ0v) is 17.1. The highest BCUT2D eigenvalue weighted by Crippen LogP contribution is 2.40. The number of nitrogens with zero attached hydrogens (tertiary/aromatic N) is 1. The Morgan fingerprint density at radius 2 is 1.46 bits per heavy atom. The summed E-state index contributed by atoms with van der Waals surface area (Å²) in [6.07, 6.45) is 1.29. The van der Waals surface area contributed by atoms with Gasteiger partial charge >= 0.3 is 5.97 Å². The highest BCUT2D eigenvalue weighted by molar-refractivity contribution is 5.89. The third-order valence-electron chi connectivity index (χ3n) is 5.01. The Hall–Kier alpha value is -2.21. The fraction of sp³-hybridized carbons (Fsp3) is 0.435. The fourth-order valence-electron chi connectivity index (χ4n) is 3.97. The number of hydrogen-bond acceptors (Lipinski definition) is 5. The molecule has 3 rings (SSSR count). The van der Waals surface area contributed by atoms with Crippen LogP contribution in [0.25, 0.3) is 0 Å². The van der Waals surface area contributed by atoms with E-state index in [0.29, 0.717) is 25.0 Å². The minimum Gasteiger partial charge on any atom is -0.363 e. The molecule has 1 fully saturated rings. The highest BCUT2D eigenvalue weighted by atomic mass is 17.2. The van der Waals surface area contributed by atoms with Crippen LogP contribution in [0.1, 0.15) is 56.5 Å². The Kier molecular flexibility index (Phi) is 6.18. The van der Waals surface area contributed by atoms with Gasteiger partial charge in [-0.15, -0.1) is 5.06 Å². The standard InChI is InChI=1S/C23H29NO4/c1-22(2)15-20(28-26-17-18-11-7-5-8-12-18)16-23(3,4)24(22)27-21(25)19-13-9-6-10-14-19/h5-14,20H,15-17H2,1-4H3. The summed E-state index contributed by atoms with van der Waals surface area (Å²) in [5, 5.41) is 1.81. The van der Waals surface area contributed by atoms with E-state index >= 15 is 0 Å². The molecule has 2 aromatic carbocycles. The molecule has 0 aromatic heterocycles. The number of piperidine rings is 1. The average molecular weight is 383 g/mol. The molecule has 1 heterocycles. The molecule has 0 saturated carbocycles. The molecule has 0 atom stereocenters. The molecule has 2 aromatic rings. The van der Waals surface area contributed by atoms with Crippen molar-refractivity contribution in [3.05, 3.63) is 71.8 Å². The van der Waals surface area contributed by atoms with Gasteiger partial charge < -0.3 is 4.84 Å². The molecule has 0 spiro atoms. The Morgan fingerprint density at radius 1 is 0.929 bits per heavy atom. The second kappa shape index (κ2) is 8.43. The third-order valence-corrected chi connectivity index (χ3v) is 5.01. The molecule has 0 radical (unpaired) electrons. The largest absolute Gasteiger partial charge is 0.363 e. The second-order valence-electron chi connectivity index (χ2n) is 8.54. The van der Waals surface area contributed by atoms with Crippen LogP contribution >= 0.6 is 0 Å². The maximum absolute atomic E-state index is 12.6. The molecular formula is C23H29NO4. The average Bonchev–Trinajstić information content (AvgIpc) is 2.65. The van der Waals surface area contributed by atoms with Crippen molar-refractivity contribution in [2.45, 2.75) is 64.3 Å². The van der Waals surface area contributed by atoms with E-state index in [9.17, 15) is 4.79 Å². The molecule has 5 nitrogen and oxygen atoms in total. The van der Waals surface area contributed by atoms with Crippen molar-refractivity contribution in [3.63, 3.8) is 0 Å². The van der Waals surface area contributed by atoms with Gasteiger partial charge in [-0.2, -0.15) is 0 Å². The SMILES string of the molecule is CC1(C)CC(OOCc2ccccc2)CC(C)(C)N1OC(=O)c1ccccc1. The van der Waals surface area contributed by atoms with Gasteiger partial charge in [-0.3, -0.25) is 0 Å². The molecule has 5 heteroatoms. The number of benzene rings is 2. The molecule has 0 unspecified atom stereocenters. The minimum absolute atomic E-state index is 0.0830. The quantitative estimate of drug-likeness (QED) is 0.523. The maximum atomic E-state index is 12.6. The first kappa shape index (κ1) is 20.5. The summed E-state index contributed by atoms with van der Waals surface area (Å²) in [6.45, 7) is 8.63. The van der Waals surface area contributed by atoms with Gasteiger partial charge in [0.2, 0.25) is 0 Å². The van der Waals surface area contributed by atoms with Crippen molar-refractivity contribution < 1.29 is 19.4 Å². The lowest BCUT2D eigenvalue weighted by Gasteiger charge is -2.52. The number of hydrogen-bond donors (Lipinski definition) is 0. The van der Waals surface area contributed by atoms with Gasteiger partial charge in [-0.25, -0.2) is 14.6 Å². The summed E-state index contributed by atoms with van der Waals surface area (Å²) in [6, 6.07) is 19.0. The van der Waals surface area contributed by atoms with Crippen LogP contribution in [0.5, 0.6) is 0 Å². The molecule has 28 heavy (non-hydrogen) atoms. The minimum atomic E-state index is -0.396. The Balaban J connectivity index is 1.61. The van der Waals surface area contributed by atoms with Crippen molar-refractivity contribution in [3.8, 4) is 0 Å². The van der Waals surface area contributed by atoms with E-state index in [1.54, 1.807) is 12.1 Å². The van der Waals surface area contributed by atoms with E-state index in [2.05, 4.69) is 27.7 Å². The highest BCUT2D eigenvalue weighted by Gasteiger charge is 2.49. The lowest BCUT2D eigenvalue weighted by molar-refractivity contribution is -0.362. The topological polar surface area (TPSA) is 48.0 Å². The third kappa shape index (κ3) is 4.98. The second-order valence-corrected chi connectivity index (χ2v) is 8.54. The van der Waals surface area contributed by atoms with Crippen molar-refractivity contribution in [2.24, 2.45) is 0 Å². The Labute approximate surface area is 167 Å². The zero-order valence-electron chi connectivity index (χ0n) is 17.1. The maximum Gasteiger partial charge on any atom is 0.357 e. The van der Waals surface area contributed by atoms with Gasteiger partial charge in [0.05, 0.1) is 22.7 Å². The van der Waals surface area contributed by atoms with Gasteiger partial charge in [0.25, 0.3) is 0 Å². The molecule has 0 bridgehead atoms. The van der Waals surface area contributed by atoms with Crippen LogP contribution < -0.4 is 0 Å². The van der Waals surface area contributed by atoms with Gasteiger partial charge in [-0.05, 0) is 58.2 Å². The molecule has 0 amide bonds. The van der Waals surface area contributed by atoms with Crippen molar-refractivity contribution >= 4 is 5.97 Å². The first-order valence-corrected chi connectivity index (χ1v) is 9.68. The monoisotopic (exact) mass is 383 g/mol. The van der Waals surface area contributed by atoms with Gasteiger partial charge in [-0.1, -0.05) is 48.5 Å². The lowest BCUT2D eigenvalue weighted by atomic mass is 9.80. The van der Waals surface area contributed by atoms with E-state index in [0.717, 1.165) is 5.56 Å². The van der Waals surface area contributed by atoms with E-state index in [4.69, 9.17) is 14.6 Å². The normalized spacial score (nSPS) is 19.3. The predicted molar refractivity (Wildman–Crippen MR) is 107 cm³/mol. The van der Waals surface area contributed by atoms with E-state index < -0.39 is 11.1 Å². The molecular weight excluding hydrogens is 354 g/mol. The summed E-state index contributed by atoms with van der Waals surface area (Å²) in [4.78, 5) is 29.6. The Bertz CT molecular complexity index is 756. The van der Waals surface area contributed by atoms with E-state index in [-0.39, 0.29) is 12.1 Å². The summed E-state index contributed by atoms with van der Waals surface area (Å²) >= 11 is 0. The molecule has 150 valence electrons. The summed E-state index contributed by atoms with van der Waals surface area (Å²) < 4.78 is 0. The number of carbonyl (C=O) groups is 1. The van der Waals surface area contributed by atoms with Gasteiger partial charge in [0, 0.05) is 0 Å². The van der Waals surface area contributed by atoms with Crippen molar-refractivity contribution in [2.75, 3.05) is 0 Å². The smallest absolute Gasteiger partial charge is 0.357 e. The fourth-order valence-corrected chi connectivity index (χ4v) is 3.97. The van der Waals surface area contributed by atoms with Crippen LogP contribution in [-0.2, 0) is 21.2 Å². The molecule has 1 aliphatic heterocycles. The van der Waals surface area contributed by atoms with Crippen LogP contribution in [-0.4, -0.2) is 28.2 Å². The molecule has 1 saturated heterocycles. The van der Waals surface area contributed by atoms with Crippen LogP contribution in [0.15, 0.2) is 60.7 Å². The van der Waals surface area contributed by atoms with E-state index in [1.807, 2.05) is 53.6 Å². The number of rotatable bonds is 6.